The molecule has 0 radical (unpaired) electrons. The number of rotatable bonds is 6. The minimum atomic E-state index is -0.262. The second-order valence-electron chi connectivity index (χ2n) is 5.24. The minimum Gasteiger partial charge on any atom is -0.508 e. The molecular weight excluding hydrogens is 312 g/mol. The molecule has 2 aromatic carbocycles. The standard InChI is InChI=1S/C18H19ClN2O2/c1-13(22)21(20-2)17(14-7-10-16(19)11-8-14)12-9-15-5-3-4-6-18(15)23/h3-8,10-11,17,23H,2,9,12H2,1H3. The van der Waals surface area contributed by atoms with E-state index >= 15 is 0 Å². The Morgan fingerprint density at radius 1 is 1.26 bits per heavy atom. The van der Waals surface area contributed by atoms with Crippen LogP contribution in [-0.2, 0) is 11.2 Å². The topological polar surface area (TPSA) is 52.9 Å². The van der Waals surface area contributed by atoms with Crippen LogP contribution in [0.2, 0.25) is 5.02 Å². The first-order chi connectivity index (χ1) is 11.0. The summed E-state index contributed by atoms with van der Waals surface area (Å²) < 4.78 is 0. The molecule has 4 nitrogen and oxygen atoms in total. The molecule has 0 aliphatic carbocycles. The average molecular weight is 331 g/mol. The van der Waals surface area contributed by atoms with Gasteiger partial charge in [-0.15, -0.1) is 0 Å². The molecule has 2 aromatic rings. The number of benzene rings is 2. The lowest BCUT2D eigenvalue weighted by atomic mass is 9.98. The molecule has 5 heteroatoms. The Labute approximate surface area is 141 Å². The van der Waals surface area contributed by atoms with Crippen LogP contribution in [0.15, 0.2) is 53.6 Å². The van der Waals surface area contributed by atoms with Crippen LogP contribution in [0.1, 0.15) is 30.5 Å². The van der Waals surface area contributed by atoms with Gasteiger partial charge in [0, 0.05) is 18.7 Å². The number of aromatic hydroxyl groups is 1. The molecule has 0 saturated heterocycles. The molecule has 1 N–H and O–H groups in total. The monoisotopic (exact) mass is 330 g/mol. The zero-order valence-electron chi connectivity index (χ0n) is 12.9. The molecule has 2 rings (SSSR count). The molecule has 23 heavy (non-hydrogen) atoms. The number of hydrogen-bond donors (Lipinski definition) is 1. The zero-order chi connectivity index (χ0) is 16.8. The third-order valence-corrected chi connectivity index (χ3v) is 3.96. The van der Waals surface area contributed by atoms with Crippen molar-refractivity contribution in [3.05, 3.63) is 64.7 Å². The first kappa shape index (κ1) is 17.0. The number of phenolic OH excluding ortho intramolecular Hbond substituents is 1. The van der Waals surface area contributed by atoms with E-state index in [1.807, 2.05) is 24.3 Å². The van der Waals surface area contributed by atoms with Crippen molar-refractivity contribution < 1.29 is 9.90 Å². The first-order valence-electron chi connectivity index (χ1n) is 7.31. The van der Waals surface area contributed by atoms with Crippen molar-refractivity contribution in [3.8, 4) is 5.75 Å². The van der Waals surface area contributed by atoms with Gasteiger partial charge in [0.05, 0.1) is 6.04 Å². The molecule has 1 unspecified atom stereocenters. The van der Waals surface area contributed by atoms with Crippen molar-refractivity contribution in [2.75, 3.05) is 0 Å². The number of hydrogen-bond acceptors (Lipinski definition) is 3. The Kier molecular flexibility index (Phi) is 5.77. The molecule has 0 bridgehead atoms. The average Bonchev–Trinajstić information content (AvgIpc) is 2.53. The van der Waals surface area contributed by atoms with E-state index in [0.29, 0.717) is 17.9 Å². The summed E-state index contributed by atoms with van der Waals surface area (Å²) >= 11 is 5.94. The van der Waals surface area contributed by atoms with Gasteiger partial charge in [-0.1, -0.05) is 41.9 Å². The molecule has 1 atom stereocenters. The van der Waals surface area contributed by atoms with Crippen LogP contribution in [0.4, 0.5) is 0 Å². The van der Waals surface area contributed by atoms with Crippen LogP contribution in [0.5, 0.6) is 5.75 Å². The lowest BCUT2D eigenvalue weighted by Gasteiger charge is -2.27. The fourth-order valence-electron chi connectivity index (χ4n) is 2.55. The number of para-hydroxylation sites is 1. The van der Waals surface area contributed by atoms with E-state index < -0.39 is 0 Å². The van der Waals surface area contributed by atoms with Gasteiger partial charge in [0.15, 0.2) is 0 Å². The van der Waals surface area contributed by atoms with E-state index in [4.69, 9.17) is 11.6 Å². The third-order valence-electron chi connectivity index (χ3n) is 3.70. The summed E-state index contributed by atoms with van der Waals surface area (Å²) in [5.74, 6) is 0.0699. The Morgan fingerprint density at radius 3 is 2.48 bits per heavy atom. The zero-order valence-corrected chi connectivity index (χ0v) is 13.7. The maximum atomic E-state index is 11.9. The normalized spacial score (nSPS) is 11.7. The lowest BCUT2D eigenvalue weighted by molar-refractivity contribution is -0.131. The van der Waals surface area contributed by atoms with Crippen molar-refractivity contribution in [1.82, 2.24) is 5.01 Å². The SMILES string of the molecule is C=NN(C(C)=O)C(CCc1ccccc1O)c1ccc(Cl)cc1. The lowest BCUT2D eigenvalue weighted by Crippen LogP contribution is -2.28. The number of carbonyl (C=O) groups excluding carboxylic acids is 1. The largest absolute Gasteiger partial charge is 0.508 e. The Bertz CT molecular complexity index is 686. The van der Waals surface area contributed by atoms with Crippen LogP contribution in [0.25, 0.3) is 0 Å². The van der Waals surface area contributed by atoms with Gasteiger partial charge in [-0.2, -0.15) is 5.10 Å². The second kappa shape index (κ2) is 7.79. The maximum Gasteiger partial charge on any atom is 0.240 e. The molecule has 120 valence electrons. The summed E-state index contributed by atoms with van der Waals surface area (Å²) in [6.45, 7) is 4.95. The molecule has 0 saturated carbocycles. The van der Waals surface area contributed by atoms with Gasteiger partial charge in [-0.25, -0.2) is 5.01 Å². The van der Waals surface area contributed by atoms with Crippen LogP contribution in [0, 0.1) is 0 Å². The number of amides is 1. The second-order valence-corrected chi connectivity index (χ2v) is 5.68. The smallest absolute Gasteiger partial charge is 0.240 e. The number of nitrogens with zero attached hydrogens (tertiary/aromatic N) is 2. The van der Waals surface area contributed by atoms with Gasteiger partial charge in [-0.3, -0.25) is 4.79 Å². The van der Waals surface area contributed by atoms with E-state index in [9.17, 15) is 9.90 Å². The van der Waals surface area contributed by atoms with Crippen molar-refractivity contribution in [2.45, 2.75) is 25.8 Å². The number of halogens is 1. The van der Waals surface area contributed by atoms with Gasteiger partial charge in [-0.05, 0) is 42.2 Å². The summed E-state index contributed by atoms with van der Waals surface area (Å²) in [4.78, 5) is 11.9. The van der Waals surface area contributed by atoms with Crippen LogP contribution >= 0.6 is 11.6 Å². The number of carbonyl (C=O) groups is 1. The van der Waals surface area contributed by atoms with Crippen molar-refractivity contribution in [1.29, 1.82) is 0 Å². The van der Waals surface area contributed by atoms with Crippen molar-refractivity contribution >= 4 is 24.2 Å². The Balaban J connectivity index is 2.26. The molecule has 0 aromatic heterocycles. The fourth-order valence-corrected chi connectivity index (χ4v) is 2.67. The highest BCUT2D eigenvalue weighted by Crippen LogP contribution is 2.29. The van der Waals surface area contributed by atoms with E-state index in [0.717, 1.165) is 11.1 Å². The molecule has 0 spiro atoms. The molecule has 0 fully saturated rings. The van der Waals surface area contributed by atoms with Crippen LogP contribution in [0.3, 0.4) is 0 Å². The predicted molar refractivity (Wildman–Crippen MR) is 92.7 cm³/mol. The number of phenols is 1. The van der Waals surface area contributed by atoms with Gasteiger partial charge in [0.25, 0.3) is 0 Å². The van der Waals surface area contributed by atoms with Crippen LogP contribution in [-0.4, -0.2) is 22.7 Å². The predicted octanol–water partition coefficient (Wildman–Crippen LogP) is 4.18. The Morgan fingerprint density at radius 2 is 1.91 bits per heavy atom. The maximum absolute atomic E-state index is 11.9. The fraction of sp³-hybridized carbons (Fsp3) is 0.222. The van der Waals surface area contributed by atoms with E-state index in [1.165, 1.54) is 11.9 Å². The van der Waals surface area contributed by atoms with Gasteiger partial charge in [0.1, 0.15) is 5.75 Å². The first-order valence-corrected chi connectivity index (χ1v) is 7.69. The molecule has 1 amide bonds. The van der Waals surface area contributed by atoms with E-state index in [1.54, 1.807) is 24.3 Å². The number of hydrazone groups is 1. The number of aryl methyl sites for hydroxylation is 1. The molecule has 0 heterocycles. The van der Waals surface area contributed by atoms with Crippen molar-refractivity contribution in [2.24, 2.45) is 5.10 Å². The molecule has 0 aliphatic heterocycles. The summed E-state index contributed by atoms with van der Waals surface area (Å²) in [7, 11) is 0. The van der Waals surface area contributed by atoms with Gasteiger partial charge in [0.2, 0.25) is 5.91 Å². The minimum absolute atomic E-state index is 0.183. The molecule has 0 aliphatic rings. The van der Waals surface area contributed by atoms with Gasteiger partial charge >= 0.3 is 0 Å². The summed E-state index contributed by atoms with van der Waals surface area (Å²) in [5.41, 5.74) is 1.76. The van der Waals surface area contributed by atoms with Gasteiger partial charge < -0.3 is 5.11 Å². The van der Waals surface area contributed by atoms with E-state index in [-0.39, 0.29) is 17.7 Å². The Hall–Kier alpha value is -2.33. The summed E-state index contributed by atoms with van der Waals surface area (Å²) in [6.07, 6.45) is 1.22. The summed E-state index contributed by atoms with van der Waals surface area (Å²) in [5, 5.41) is 15.8. The highest BCUT2D eigenvalue weighted by atomic mass is 35.5. The van der Waals surface area contributed by atoms with Crippen LogP contribution < -0.4 is 0 Å². The van der Waals surface area contributed by atoms with E-state index in [2.05, 4.69) is 11.8 Å². The quantitative estimate of drug-likeness (QED) is 0.638. The molecular formula is C18H19ClN2O2. The summed E-state index contributed by atoms with van der Waals surface area (Å²) in [6, 6.07) is 14.2. The van der Waals surface area contributed by atoms with Crippen molar-refractivity contribution in [3.63, 3.8) is 0 Å². The highest BCUT2D eigenvalue weighted by molar-refractivity contribution is 6.30. The highest BCUT2D eigenvalue weighted by Gasteiger charge is 2.22. The third kappa shape index (κ3) is 4.33.